The Labute approximate surface area is 190 Å². The standard InChI is InChI=1S/C26H29ClN4/c1-18(2)24-7-6-22(12-21(24)16-29)30-10-8-26(9-11-30)14-19(3)31(17-26)23-5-4-20(15-28)25(27)13-23/h4-7,12-13,18-19H,8-11,14,17H2,1-3H3. The largest absolute Gasteiger partial charge is 0.371 e. The molecule has 0 aliphatic carbocycles. The Kier molecular flexibility index (Phi) is 5.87. The van der Waals surface area contributed by atoms with Crippen LogP contribution < -0.4 is 9.80 Å². The first-order valence-electron chi connectivity index (χ1n) is 11.1. The summed E-state index contributed by atoms with van der Waals surface area (Å²) < 4.78 is 0. The van der Waals surface area contributed by atoms with Crippen molar-refractivity contribution in [2.24, 2.45) is 5.41 Å². The molecule has 1 atom stereocenters. The predicted octanol–water partition coefficient (Wildman–Crippen LogP) is 6.09. The van der Waals surface area contributed by atoms with Gasteiger partial charge in [-0.05, 0) is 73.4 Å². The molecule has 2 aromatic carbocycles. The maximum atomic E-state index is 9.58. The summed E-state index contributed by atoms with van der Waals surface area (Å²) in [5.74, 6) is 0.356. The molecule has 2 heterocycles. The van der Waals surface area contributed by atoms with E-state index in [1.54, 1.807) is 0 Å². The minimum atomic E-state index is 0.312. The Balaban J connectivity index is 1.47. The van der Waals surface area contributed by atoms with Crippen LogP contribution in [0.4, 0.5) is 11.4 Å². The maximum absolute atomic E-state index is 9.58. The number of nitrogens with zero attached hydrogens (tertiary/aromatic N) is 4. The molecule has 2 aromatic rings. The quantitative estimate of drug-likeness (QED) is 0.588. The lowest BCUT2D eigenvalue weighted by Crippen LogP contribution is -2.41. The zero-order valence-electron chi connectivity index (χ0n) is 18.5. The second-order valence-electron chi connectivity index (χ2n) is 9.48. The van der Waals surface area contributed by atoms with Crippen molar-refractivity contribution < 1.29 is 0 Å². The molecule has 2 fully saturated rings. The molecule has 0 saturated carbocycles. The van der Waals surface area contributed by atoms with Gasteiger partial charge in [-0.1, -0.05) is 31.5 Å². The van der Waals surface area contributed by atoms with Crippen LogP contribution in [-0.4, -0.2) is 25.7 Å². The van der Waals surface area contributed by atoms with Crippen LogP contribution in [0.25, 0.3) is 0 Å². The smallest absolute Gasteiger partial charge is 0.101 e. The van der Waals surface area contributed by atoms with Crippen LogP contribution in [0.3, 0.4) is 0 Å². The molecule has 160 valence electrons. The van der Waals surface area contributed by atoms with Crippen molar-refractivity contribution in [2.75, 3.05) is 29.4 Å². The highest BCUT2D eigenvalue weighted by Crippen LogP contribution is 2.46. The summed E-state index contributed by atoms with van der Waals surface area (Å²) in [6.45, 7) is 9.61. The summed E-state index contributed by atoms with van der Waals surface area (Å²) in [5, 5.41) is 19.3. The van der Waals surface area contributed by atoms with Gasteiger partial charge >= 0.3 is 0 Å². The van der Waals surface area contributed by atoms with E-state index >= 15 is 0 Å². The summed E-state index contributed by atoms with van der Waals surface area (Å²) in [4.78, 5) is 4.88. The molecule has 5 heteroatoms. The maximum Gasteiger partial charge on any atom is 0.101 e. The highest BCUT2D eigenvalue weighted by Gasteiger charge is 2.44. The average molecular weight is 433 g/mol. The van der Waals surface area contributed by atoms with E-state index < -0.39 is 0 Å². The van der Waals surface area contributed by atoms with Crippen molar-refractivity contribution >= 4 is 23.0 Å². The molecule has 4 nitrogen and oxygen atoms in total. The Morgan fingerprint density at radius 2 is 1.68 bits per heavy atom. The number of nitriles is 2. The summed E-state index contributed by atoms with van der Waals surface area (Å²) in [6.07, 6.45) is 3.46. The van der Waals surface area contributed by atoms with E-state index in [1.807, 2.05) is 18.2 Å². The second-order valence-corrected chi connectivity index (χ2v) is 9.89. The summed E-state index contributed by atoms with van der Waals surface area (Å²) in [7, 11) is 0. The first-order chi connectivity index (χ1) is 14.9. The molecule has 1 spiro atoms. The third-order valence-corrected chi connectivity index (χ3v) is 7.45. The molecule has 31 heavy (non-hydrogen) atoms. The van der Waals surface area contributed by atoms with Gasteiger partial charge in [-0.3, -0.25) is 0 Å². The second kappa shape index (κ2) is 8.45. The molecular weight excluding hydrogens is 404 g/mol. The van der Waals surface area contributed by atoms with Gasteiger partial charge in [-0.25, -0.2) is 0 Å². The predicted molar refractivity (Wildman–Crippen MR) is 127 cm³/mol. The van der Waals surface area contributed by atoms with E-state index in [2.05, 4.69) is 60.9 Å². The van der Waals surface area contributed by atoms with Gasteiger partial charge in [-0.2, -0.15) is 10.5 Å². The topological polar surface area (TPSA) is 54.1 Å². The third-order valence-electron chi connectivity index (χ3n) is 7.14. The van der Waals surface area contributed by atoms with Crippen LogP contribution >= 0.6 is 11.6 Å². The molecule has 4 rings (SSSR count). The van der Waals surface area contributed by atoms with Gasteiger partial charge in [0.15, 0.2) is 0 Å². The van der Waals surface area contributed by atoms with Gasteiger partial charge in [0.25, 0.3) is 0 Å². The lowest BCUT2D eigenvalue weighted by atomic mass is 9.76. The van der Waals surface area contributed by atoms with E-state index in [-0.39, 0.29) is 0 Å². The van der Waals surface area contributed by atoms with Crippen LogP contribution in [-0.2, 0) is 0 Å². The molecule has 0 radical (unpaired) electrons. The zero-order valence-corrected chi connectivity index (χ0v) is 19.3. The fourth-order valence-electron chi connectivity index (χ4n) is 5.38. The fourth-order valence-corrected chi connectivity index (χ4v) is 5.60. The van der Waals surface area contributed by atoms with Crippen molar-refractivity contribution in [3.63, 3.8) is 0 Å². The molecule has 0 N–H and O–H groups in total. The zero-order chi connectivity index (χ0) is 22.2. The minimum Gasteiger partial charge on any atom is -0.371 e. The third kappa shape index (κ3) is 4.10. The monoisotopic (exact) mass is 432 g/mol. The highest BCUT2D eigenvalue weighted by molar-refractivity contribution is 6.32. The SMILES string of the molecule is CC(C)c1ccc(N2CCC3(CC2)CC(C)N(c2ccc(C#N)c(Cl)c2)C3)cc1C#N. The average Bonchev–Trinajstić information content (AvgIpc) is 3.09. The number of rotatable bonds is 3. The molecule has 2 aliphatic heterocycles. The number of hydrogen-bond donors (Lipinski definition) is 0. The van der Waals surface area contributed by atoms with Gasteiger partial charge < -0.3 is 9.80 Å². The number of hydrogen-bond acceptors (Lipinski definition) is 4. The number of benzene rings is 2. The Bertz CT molecular complexity index is 1050. The lowest BCUT2D eigenvalue weighted by molar-refractivity contribution is 0.245. The number of piperidine rings is 1. The lowest BCUT2D eigenvalue weighted by Gasteiger charge is -2.40. The van der Waals surface area contributed by atoms with Crippen molar-refractivity contribution in [2.45, 2.75) is 52.0 Å². The fraction of sp³-hybridized carbons (Fsp3) is 0.462. The van der Waals surface area contributed by atoms with E-state index in [0.29, 0.717) is 28.0 Å². The van der Waals surface area contributed by atoms with Crippen LogP contribution in [0.5, 0.6) is 0 Å². The van der Waals surface area contributed by atoms with Gasteiger partial charge in [0.1, 0.15) is 6.07 Å². The van der Waals surface area contributed by atoms with Crippen molar-refractivity contribution in [3.8, 4) is 12.1 Å². The molecule has 2 aliphatic rings. The highest BCUT2D eigenvalue weighted by atomic mass is 35.5. The molecule has 0 bridgehead atoms. The molecule has 2 saturated heterocycles. The van der Waals surface area contributed by atoms with E-state index in [1.165, 1.54) is 6.42 Å². The van der Waals surface area contributed by atoms with Gasteiger partial charge in [0.2, 0.25) is 0 Å². The van der Waals surface area contributed by atoms with Crippen molar-refractivity contribution in [1.82, 2.24) is 0 Å². The molecule has 0 amide bonds. The van der Waals surface area contributed by atoms with E-state index in [0.717, 1.165) is 55.0 Å². The van der Waals surface area contributed by atoms with Gasteiger partial charge in [0, 0.05) is 37.1 Å². The summed E-state index contributed by atoms with van der Waals surface area (Å²) in [5.41, 5.74) is 5.04. The van der Waals surface area contributed by atoms with E-state index in [9.17, 15) is 5.26 Å². The van der Waals surface area contributed by atoms with Crippen LogP contribution in [0, 0.1) is 28.1 Å². The summed E-state index contributed by atoms with van der Waals surface area (Å²) >= 11 is 6.30. The normalized spacial score (nSPS) is 20.2. The van der Waals surface area contributed by atoms with Crippen LogP contribution in [0.2, 0.25) is 5.02 Å². The number of halogens is 1. The summed E-state index contributed by atoms with van der Waals surface area (Å²) in [6, 6.07) is 17.1. The van der Waals surface area contributed by atoms with Crippen molar-refractivity contribution in [1.29, 1.82) is 10.5 Å². The Morgan fingerprint density at radius 1 is 1.00 bits per heavy atom. The Hall–Kier alpha value is -2.69. The molecule has 1 unspecified atom stereocenters. The van der Waals surface area contributed by atoms with E-state index in [4.69, 9.17) is 16.9 Å². The minimum absolute atomic E-state index is 0.312. The molecule has 0 aromatic heterocycles. The van der Waals surface area contributed by atoms with Crippen LogP contribution in [0.15, 0.2) is 36.4 Å². The Morgan fingerprint density at radius 3 is 2.29 bits per heavy atom. The first kappa shape index (κ1) is 21.5. The van der Waals surface area contributed by atoms with Gasteiger partial charge in [-0.15, -0.1) is 0 Å². The van der Waals surface area contributed by atoms with Crippen molar-refractivity contribution in [3.05, 3.63) is 58.1 Å². The molecular formula is C26H29ClN4. The van der Waals surface area contributed by atoms with Gasteiger partial charge in [0.05, 0.1) is 22.2 Å². The van der Waals surface area contributed by atoms with Crippen LogP contribution in [0.1, 0.15) is 62.6 Å². The number of anilines is 2. The first-order valence-corrected chi connectivity index (χ1v) is 11.5.